The van der Waals surface area contributed by atoms with Gasteiger partial charge in [-0.2, -0.15) is 4.98 Å². The molecule has 1 saturated carbocycles. The van der Waals surface area contributed by atoms with Crippen LogP contribution in [0.15, 0.2) is 28.8 Å². The Kier molecular flexibility index (Phi) is 7.19. The quantitative estimate of drug-likeness (QED) is 0.727. The fourth-order valence-electron chi connectivity index (χ4n) is 4.60. The maximum Gasteiger partial charge on any atom is 0.241 e. The van der Waals surface area contributed by atoms with Crippen molar-refractivity contribution in [3.05, 3.63) is 30.2 Å². The molecule has 2 aromatic rings. The van der Waals surface area contributed by atoms with Crippen molar-refractivity contribution in [2.45, 2.75) is 45.2 Å². The van der Waals surface area contributed by atoms with Crippen molar-refractivity contribution in [1.82, 2.24) is 25.3 Å². The van der Waals surface area contributed by atoms with Crippen LogP contribution in [-0.4, -0.2) is 71.7 Å². The number of ether oxygens (including phenoxy) is 1. The molecule has 1 aromatic heterocycles. The minimum atomic E-state index is 0.158. The van der Waals surface area contributed by atoms with Gasteiger partial charge < -0.3 is 14.6 Å². The standard InChI is InChI=1S/C23H33N5O3/c1-17-6-5-7-18(14-17)24-21(29)15-27-10-12-28(13-11-27)16-22-25-23(26-31-22)19-8-3-4-9-20(19)30-2/h3-4,8-9,17-18H,5-7,10-16H2,1-2H3,(H,24,29). The van der Waals surface area contributed by atoms with Gasteiger partial charge in [-0.15, -0.1) is 0 Å². The number of nitrogens with one attached hydrogen (secondary N) is 1. The van der Waals surface area contributed by atoms with Crippen LogP contribution in [0.5, 0.6) is 5.75 Å². The molecule has 4 rings (SSSR count). The summed E-state index contributed by atoms with van der Waals surface area (Å²) in [6.45, 7) is 6.85. The molecule has 2 heterocycles. The van der Waals surface area contributed by atoms with Crippen LogP contribution in [0.1, 0.15) is 38.5 Å². The number of benzene rings is 1. The Morgan fingerprint density at radius 1 is 1.19 bits per heavy atom. The van der Waals surface area contributed by atoms with E-state index in [1.807, 2.05) is 24.3 Å². The second-order valence-electron chi connectivity index (χ2n) is 8.80. The molecule has 2 fully saturated rings. The number of amides is 1. The van der Waals surface area contributed by atoms with Gasteiger partial charge in [0.25, 0.3) is 0 Å². The molecule has 1 amide bonds. The summed E-state index contributed by atoms with van der Waals surface area (Å²) >= 11 is 0. The SMILES string of the molecule is COc1ccccc1-c1noc(CN2CCN(CC(=O)NC3CCCC(C)C3)CC2)n1. The van der Waals surface area contributed by atoms with Crippen LogP contribution in [0.25, 0.3) is 11.4 Å². The summed E-state index contributed by atoms with van der Waals surface area (Å²) in [5.74, 6) is 2.74. The Morgan fingerprint density at radius 2 is 1.97 bits per heavy atom. The molecule has 0 spiro atoms. The van der Waals surface area contributed by atoms with Crippen LogP contribution in [-0.2, 0) is 11.3 Å². The minimum Gasteiger partial charge on any atom is -0.496 e. The van der Waals surface area contributed by atoms with Crippen LogP contribution >= 0.6 is 0 Å². The highest BCUT2D eigenvalue weighted by Gasteiger charge is 2.24. The van der Waals surface area contributed by atoms with Crippen LogP contribution in [0.2, 0.25) is 0 Å². The van der Waals surface area contributed by atoms with Crippen molar-refractivity contribution in [3.63, 3.8) is 0 Å². The molecule has 8 heteroatoms. The normalized spacial score (nSPS) is 22.9. The van der Waals surface area contributed by atoms with Gasteiger partial charge in [0.05, 0.1) is 25.8 Å². The number of methoxy groups -OCH3 is 1. The second kappa shape index (κ2) is 10.2. The first-order valence-electron chi connectivity index (χ1n) is 11.3. The Labute approximate surface area is 183 Å². The average molecular weight is 428 g/mol. The summed E-state index contributed by atoms with van der Waals surface area (Å²) in [5.41, 5.74) is 0.822. The van der Waals surface area contributed by atoms with E-state index in [9.17, 15) is 4.79 Å². The van der Waals surface area contributed by atoms with Crippen LogP contribution in [0.4, 0.5) is 0 Å². The Bertz CT molecular complexity index is 862. The van der Waals surface area contributed by atoms with E-state index in [0.29, 0.717) is 30.8 Å². The minimum absolute atomic E-state index is 0.158. The van der Waals surface area contributed by atoms with Crippen molar-refractivity contribution >= 4 is 5.91 Å². The van der Waals surface area contributed by atoms with Crippen LogP contribution in [0.3, 0.4) is 0 Å². The van der Waals surface area contributed by atoms with E-state index in [0.717, 1.165) is 56.3 Å². The maximum absolute atomic E-state index is 12.4. The average Bonchev–Trinajstić information content (AvgIpc) is 3.23. The molecular weight excluding hydrogens is 394 g/mol. The number of aromatic nitrogens is 2. The third kappa shape index (κ3) is 5.83. The molecule has 1 aliphatic heterocycles. The summed E-state index contributed by atoms with van der Waals surface area (Å²) < 4.78 is 10.9. The molecule has 2 atom stereocenters. The van der Waals surface area contributed by atoms with E-state index in [1.165, 1.54) is 12.8 Å². The van der Waals surface area contributed by atoms with Gasteiger partial charge in [-0.05, 0) is 30.9 Å². The number of carbonyl (C=O) groups excluding carboxylic acids is 1. The predicted octanol–water partition coefficient (Wildman–Crippen LogP) is 2.56. The van der Waals surface area contributed by atoms with Gasteiger partial charge in [-0.25, -0.2) is 0 Å². The van der Waals surface area contributed by atoms with Gasteiger partial charge in [0.15, 0.2) is 0 Å². The van der Waals surface area contributed by atoms with E-state index < -0.39 is 0 Å². The summed E-state index contributed by atoms with van der Waals surface area (Å²) in [6.07, 6.45) is 4.74. The van der Waals surface area contributed by atoms with E-state index in [2.05, 4.69) is 32.2 Å². The monoisotopic (exact) mass is 427 g/mol. The van der Waals surface area contributed by atoms with Gasteiger partial charge in [0, 0.05) is 32.2 Å². The fourth-order valence-corrected chi connectivity index (χ4v) is 4.60. The second-order valence-corrected chi connectivity index (χ2v) is 8.80. The van der Waals surface area contributed by atoms with Crippen LogP contribution < -0.4 is 10.1 Å². The number of carbonyl (C=O) groups is 1. The molecule has 168 valence electrons. The highest BCUT2D eigenvalue weighted by atomic mass is 16.5. The molecule has 0 radical (unpaired) electrons. The van der Waals surface area contributed by atoms with Gasteiger partial charge in [0.2, 0.25) is 17.6 Å². The summed E-state index contributed by atoms with van der Waals surface area (Å²) in [6, 6.07) is 8.00. The molecule has 2 aliphatic rings. The zero-order valence-corrected chi connectivity index (χ0v) is 18.5. The summed E-state index contributed by atoms with van der Waals surface area (Å²) in [4.78, 5) is 21.5. The molecule has 2 unspecified atom stereocenters. The molecule has 1 aromatic carbocycles. The molecule has 31 heavy (non-hydrogen) atoms. The van der Waals surface area contributed by atoms with Crippen LogP contribution in [0, 0.1) is 5.92 Å². The first kappa shape index (κ1) is 21.8. The molecule has 1 saturated heterocycles. The Balaban J connectivity index is 1.22. The summed E-state index contributed by atoms with van der Waals surface area (Å²) in [5, 5.41) is 7.36. The third-order valence-corrected chi connectivity index (χ3v) is 6.31. The summed E-state index contributed by atoms with van der Waals surface area (Å²) in [7, 11) is 1.63. The lowest BCUT2D eigenvalue weighted by Gasteiger charge is -2.34. The van der Waals surface area contributed by atoms with Crippen molar-refractivity contribution in [2.75, 3.05) is 39.8 Å². The number of para-hydroxylation sites is 1. The molecular formula is C23H33N5O3. The van der Waals surface area contributed by atoms with E-state index >= 15 is 0 Å². The largest absolute Gasteiger partial charge is 0.496 e. The zero-order valence-electron chi connectivity index (χ0n) is 18.5. The number of hydrogen-bond acceptors (Lipinski definition) is 7. The topological polar surface area (TPSA) is 83.7 Å². The molecule has 0 bridgehead atoms. The van der Waals surface area contributed by atoms with E-state index in [1.54, 1.807) is 7.11 Å². The smallest absolute Gasteiger partial charge is 0.241 e. The van der Waals surface area contributed by atoms with E-state index in [-0.39, 0.29) is 5.91 Å². The van der Waals surface area contributed by atoms with Crippen molar-refractivity contribution in [3.8, 4) is 17.1 Å². The Hall–Kier alpha value is -2.45. The molecule has 8 nitrogen and oxygen atoms in total. The first-order valence-corrected chi connectivity index (χ1v) is 11.3. The van der Waals surface area contributed by atoms with Gasteiger partial charge >= 0.3 is 0 Å². The number of piperazine rings is 1. The van der Waals surface area contributed by atoms with Gasteiger partial charge in [0.1, 0.15) is 5.75 Å². The van der Waals surface area contributed by atoms with Crippen molar-refractivity contribution < 1.29 is 14.1 Å². The van der Waals surface area contributed by atoms with Crippen molar-refractivity contribution in [2.24, 2.45) is 5.92 Å². The van der Waals surface area contributed by atoms with Crippen molar-refractivity contribution in [1.29, 1.82) is 0 Å². The lowest BCUT2D eigenvalue weighted by atomic mass is 9.87. The van der Waals surface area contributed by atoms with E-state index in [4.69, 9.17) is 9.26 Å². The molecule has 1 N–H and O–H groups in total. The number of rotatable bonds is 7. The maximum atomic E-state index is 12.4. The first-order chi connectivity index (χ1) is 15.1. The molecule has 1 aliphatic carbocycles. The lowest BCUT2D eigenvalue weighted by Crippen LogP contribution is -2.50. The fraction of sp³-hybridized carbons (Fsp3) is 0.609. The van der Waals surface area contributed by atoms with Gasteiger partial charge in [-0.3, -0.25) is 14.6 Å². The third-order valence-electron chi connectivity index (χ3n) is 6.31. The van der Waals surface area contributed by atoms with Gasteiger partial charge in [-0.1, -0.05) is 37.1 Å². The highest BCUT2D eigenvalue weighted by molar-refractivity contribution is 5.78. The number of nitrogens with zero attached hydrogens (tertiary/aromatic N) is 4. The Morgan fingerprint density at radius 3 is 2.74 bits per heavy atom. The predicted molar refractivity (Wildman–Crippen MR) is 118 cm³/mol. The zero-order chi connectivity index (χ0) is 21.6. The highest BCUT2D eigenvalue weighted by Crippen LogP contribution is 2.27. The lowest BCUT2D eigenvalue weighted by molar-refractivity contribution is -0.123. The number of hydrogen-bond donors (Lipinski definition) is 1.